The molecule has 0 radical (unpaired) electrons. The molecule has 0 spiro atoms. The van der Waals surface area contributed by atoms with Gasteiger partial charge in [0.25, 0.3) is 5.91 Å². The Kier molecular flexibility index (Phi) is 9.88. The molecule has 5 rings (SSSR count). The lowest BCUT2D eigenvalue weighted by Gasteiger charge is -2.36. The number of hydrogen-bond acceptors (Lipinski definition) is 5. The van der Waals surface area contributed by atoms with Gasteiger partial charge in [-0.2, -0.15) is 0 Å². The summed E-state index contributed by atoms with van der Waals surface area (Å²) in [4.78, 5) is 44.2. The van der Waals surface area contributed by atoms with Gasteiger partial charge in [-0.15, -0.1) is 0 Å². The van der Waals surface area contributed by atoms with E-state index in [2.05, 4.69) is 15.5 Å². The normalized spacial score (nSPS) is 12.8. The predicted molar refractivity (Wildman–Crippen MR) is 168 cm³/mol. The first-order chi connectivity index (χ1) is 21.8. The van der Waals surface area contributed by atoms with E-state index in [1.54, 1.807) is 48.4 Å². The fraction of sp³-hybridized carbons (Fsp3) is 0.206. The highest BCUT2D eigenvalue weighted by Crippen LogP contribution is 2.21. The summed E-state index contributed by atoms with van der Waals surface area (Å²) in [6, 6.07) is 25.2. The number of carbonyl (C=O) groups is 3. The van der Waals surface area contributed by atoms with Crippen molar-refractivity contribution in [2.24, 2.45) is 0 Å². The molecule has 9 nitrogen and oxygen atoms in total. The van der Waals surface area contributed by atoms with Crippen molar-refractivity contribution < 1.29 is 27.9 Å². The minimum Gasteiger partial charge on any atom is -0.497 e. The van der Waals surface area contributed by atoms with Gasteiger partial charge >= 0.3 is 6.03 Å². The molecule has 11 heteroatoms. The third-order valence-corrected chi connectivity index (χ3v) is 7.40. The number of ether oxygens (including phenoxy) is 1. The number of amides is 4. The van der Waals surface area contributed by atoms with E-state index in [0.29, 0.717) is 48.9 Å². The number of nitrogens with zero attached hydrogens (tertiary/aromatic N) is 3. The van der Waals surface area contributed by atoms with Crippen molar-refractivity contribution in [2.75, 3.05) is 55.4 Å². The minimum atomic E-state index is -0.564. The van der Waals surface area contributed by atoms with Gasteiger partial charge in [0.15, 0.2) is 0 Å². The van der Waals surface area contributed by atoms with Crippen LogP contribution >= 0.6 is 0 Å². The number of rotatable bonds is 9. The van der Waals surface area contributed by atoms with Gasteiger partial charge in [0.05, 0.1) is 7.11 Å². The quantitative estimate of drug-likeness (QED) is 0.256. The Morgan fingerprint density at radius 1 is 0.778 bits per heavy atom. The van der Waals surface area contributed by atoms with Crippen LogP contribution in [-0.4, -0.2) is 67.5 Å². The van der Waals surface area contributed by atoms with E-state index in [4.69, 9.17) is 4.74 Å². The summed E-state index contributed by atoms with van der Waals surface area (Å²) in [7, 11) is 1.59. The van der Waals surface area contributed by atoms with E-state index in [1.165, 1.54) is 47.4 Å². The smallest absolute Gasteiger partial charge is 0.321 e. The summed E-state index contributed by atoms with van der Waals surface area (Å²) in [5, 5.41) is 5.72. The average Bonchev–Trinajstić information content (AvgIpc) is 3.06. The van der Waals surface area contributed by atoms with Gasteiger partial charge in [0, 0.05) is 55.3 Å². The van der Waals surface area contributed by atoms with Crippen LogP contribution in [0.25, 0.3) is 0 Å². The number of piperazine rings is 1. The molecule has 0 aromatic heterocycles. The van der Waals surface area contributed by atoms with Crippen LogP contribution in [-0.2, 0) is 11.3 Å². The van der Waals surface area contributed by atoms with Crippen LogP contribution in [0.2, 0.25) is 0 Å². The maximum atomic E-state index is 13.8. The first kappa shape index (κ1) is 31.0. The highest BCUT2D eigenvalue weighted by Gasteiger charge is 2.23. The third-order valence-electron chi connectivity index (χ3n) is 7.40. The van der Waals surface area contributed by atoms with Crippen molar-refractivity contribution >= 4 is 34.9 Å². The van der Waals surface area contributed by atoms with Crippen molar-refractivity contribution in [3.8, 4) is 5.75 Å². The van der Waals surface area contributed by atoms with Crippen molar-refractivity contribution in [3.63, 3.8) is 0 Å². The maximum Gasteiger partial charge on any atom is 0.321 e. The summed E-state index contributed by atoms with van der Waals surface area (Å²) >= 11 is 0. The van der Waals surface area contributed by atoms with Gasteiger partial charge < -0.3 is 30.1 Å². The zero-order chi connectivity index (χ0) is 31.8. The molecule has 1 aliphatic rings. The van der Waals surface area contributed by atoms with Gasteiger partial charge in [0.2, 0.25) is 5.91 Å². The van der Waals surface area contributed by atoms with E-state index in [1.807, 2.05) is 12.1 Å². The van der Waals surface area contributed by atoms with Crippen LogP contribution in [0.5, 0.6) is 5.75 Å². The molecule has 4 aromatic carbocycles. The van der Waals surface area contributed by atoms with Gasteiger partial charge in [-0.25, -0.2) is 13.6 Å². The van der Waals surface area contributed by atoms with Crippen LogP contribution in [0.3, 0.4) is 0 Å². The maximum absolute atomic E-state index is 13.8. The molecule has 45 heavy (non-hydrogen) atoms. The van der Waals surface area contributed by atoms with Crippen molar-refractivity contribution in [2.45, 2.75) is 6.54 Å². The van der Waals surface area contributed by atoms with E-state index >= 15 is 0 Å². The van der Waals surface area contributed by atoms with E-state index in [-0.39, 0.29) is 24.7 Å². The number of halogens is 2. The molecule has 4 amide bonds. The molecule has 4 aromatic rings. The Hall–Kier alpha value is -5.45. The van der Waals surface area contributed by atoms with Crippen LogP contribution < -0.4 is 20.3 Å². The monoisotopic (exact) mass is 613 g/mol. The summed E-state index contributed by atoms with van der Waals surface area (Å²) in [5.74, 6) is -1.23. The minimum absolute atomic E-state index is 0.0338. The fourth-order valence-electron chi connectivity index (χ4n) is 4.99. The van der Waals surface area contributed by atoms with E-state index in [0.717, 1.165) is 11.8 Å². The molecule has 0 atom stereocenters. The van der Waals surface area contributed by atoms with Gasteiger partial charge in [-0.05, 0) is 84.4 Å². The van der Waals surface area contributed by atoms with E-state index in [9.17, 15) is 23.2 Å². The van der Waals surface area contributed by atoms with Crippen LogP contribution in [0.15, 0.2) is 97.1 Å². The number of hydrogen-bond donors (Lipinski definition) is 2. The number of benzene rings is 4. The first-order valence-electron chi connectivity index (χ1n) is 14.4. The van der Waals surface area contributed by atoms with Crippen LogP contribution in [0, 0.1) is 11.6 Å². The number of anilines is 3. The van der Waals surface area contributed by atoms with Crippen LogP contribution in [0.1, 0.15) is 15.9 Å². The average molecular weight is 614 g/mol. The van der Waals surface area contributed by atoms with Gasteiger partial charge in [0.1, 0.15) is 23.9 Å². The number of nitrogens with one attached hydrogen (secondary N) is 2. The molecular formula is C34H33F2N5O4. The molecule has 1 saturated heterocycles. The van der Waals surface area contributed by atoms with Crippen molar-refractivity contribution in [1.82, 2.24) is 9.80 Å². The molecule has 0 aliphatic carbocycles. The molecule has 0 unspecified atom stereocenters. The molecule has 0 saturated carbocycles. The van der Waals surface area contributed by atoms with Crippen molar-refractivity contribution in [3.05, 3.63) is 120 Å². The summed E-state index contributed by atoms with van der Waals surface area (Å²) < 4.78 is 32.4. The molecule has 1 aliphatic heterocycles. The molecule has 1 fully saturated rings. The Balaban J connectivity index is 1.15. The zero-order valence-electron chi connectivity index (χ0n) is 24.7. The van der Waals surface area contributed by atoms with E-state index < -0.39 is 23.4 Å². The van der Waals surface area contributed by atoms with Gasteiger partial charge in [-0.3, -0.25) is 9.59 Å². The third kappa shape index (κ3) is 8.35. The lowest BCUT2D eigenvalue weighted by atomic mass is 10.1. The second-order valence-electron chi connectivity index (χ2n) is 10.5. The lowest BCUT2D eigenvalue weighted by Crippen LogP contribution is -2.50. The fourth-order valence-corrected chi connectivity index (χ4v) is 4.99. The molecule has 0 bridgehead atoms. The summed E-state index contributed by atoms with van der Waals surface area (Å²) in [6.07, 6.45) is 0. The number of methoxy groups -OCH3 is 1. The zero-order valence-corrected chi connectivity index (χ0v) is 24.7. The standard InChI is InChI=1S/C34H33F2N5O4/c1-45-31-15-11-29(12-16-31)38-34(44)40-19-17-39(18-20-40)30-13-9-28(10-14-30)37-32(42)23-41(22-24-5-7-26(35)8-6-24)33(43)25-3-2-4-27(36)21-25/h2-16,21H,17-20,22-23H2,1H3,(H,37,42)(H,38,44). The first-order valence-corrected chi connectivity index (χ1v) is 14.4. The Labute approximate surface area is 260 Å². The summed E-state index contributed by atoms with van der Waals surface area (Å²) in [5.41, 5.74) is 2.91. The second kappa shape index (κ2) is 14.3. The molecule has 2 N–H and O–H groups in total. The molecule has 1 heterocycles. The topological polar surface area (TPSA) is 94.2 Å². The number of urea groups is 1. The van der Waals surface area contributed by atoms with Crippen LogP contribution in [0.4, 0.5) is 30.6 Å². The Morgan fingerprint density at radius 3 is 2.07 bits per heavy atom. The highest BCUT2D eigenvalue weighted by atomic mass is 19.1. The largest absolute Gasteiger partial charge is 0.497 e. The predicted octanol–water partition coefficient (Wildman–Crippen LogP) is 5.61. The Morgan fingerprint density at radius 2 is 1.42 bits per heavy atom. The lowest BCUT2D eigenvalue weighted by molar-refractivity contribution is -0.117. The van der Waals surface area contributed by atoms with Crippen molar-refractivity contribution in [1.29, 1.82) is 0 Å². The molecule has 232 valence electrons. The highest BCUT2D eigenvalue weighted by molar-refractivity contribution is 5.99. The summed E-state index contributed by atoms with van der Waals surface area (Å²) in [6.45, 7) is 2.11. The van der Waals surface area contributed by atoms with Gasteiger partial charge in [-0.1, -0.05) is 18.2 Å². The SMILES string of the molecule is COc1ccc(NC(=O)N2CCN(c3ccc(NC(=O)CN(Cc4ccc(F)cc4)C(=O)c4cccc(F)c4)cc3)CC2)cc1. The molecular weight excluding hydrogens is 580 g/mol. The number of carbonyl (C=O) groups excluding carboxylic acids is 3. The Bertz CT molecular complexity index is 1620. The second-order valence-corrected chi connectivity index (χ2v) is 10.5.